The monoisotopic (exact) mass is 448 g/mol. The van der Waals surface area contributed by atoms with Crippen molar-refractivity contribution in [3.63, 3.8) is 0 Å². The first-order chi connectivity index (χ1) is 16.0. The molecule has 9 heteroatoms. The maximum Gasteiger partial charge on any atom is 0.244 e. The van der Waals surface area contributed by atoms with Crippen LogP contribution in [0.15, 0.2) is 59.1 Å². The van der Waals surface area contributed by atoms with Gasteiger partial charge in [-0.05, 0) is 31.2 Å². The first-order valence-corrected chi connectivity index (χ1v) is 11.0. The van der Waals surface area contributed by atoms with Crippen molar-refractivity contribution in [2.24, 2.45) is 0 Å². The van der Waals surface area contributed by atoms with Crippen molar-refractivity contribution >= 4 is 23.2 Å². The lowest BCUT2D eigenvalue weighted by Crippen LogP contribution is -2.49. The van der Waals surface area contributed by atoms with Gasteiger partial charge < -0.3 is 15.2 Å². The van der Waals surface area contributed by atoms with Gasteiger partial charge in [0.25, 0.3) is 0 Å². The molecule has 0 radical (unpaired) electrons. The maximum atomic E-state index is 12.4. The fraction of sp³-hybridized carbons (Fsp3) is 0.333. The van der Waals surface area contributed by atoms with Crippen LogP contribution in [0.4, 0.5) is 11.4 Å². The van der Waals surface area contributed by atoms with E-state index in [0.29, 0.717) is 29.6 Å². The van der Waals surface area contributed by atoms with Crippen LogP contribution >= 0.6 is 0 Å². The quantitative estimate of drug-likeness (QED) is 0.573. The fourth-order valence-electron chi connectivity index (χ4n) is 3.82. The van der Waals surface area contributed by atoms with Crippen LogP contribution in [0.5, 0.6) is 0 Å². The Hall–Kier alpha value is -3.56. The van der Waals surface area contributed by atoms with Crippen LogP contribution in [-0.4, -0.2) is 64.5 Å². The minimum Gasteiger partial charge on any atom is -0.337 e. The topological polar surface area (TPSA) is 104 Å². The van der Waals surface area contributed by atoms with E-state index in [-0.39, 0.29) is 17.9 Å². The Balaban J connectivity index is 1.24. The second-order valence-corrected chi connectivity index (χ2v) is 8.12. The molecule has 9 nitrogen and oxygen atoms in total. The number of hydrogen-bond donors (Lipinski definition) is 2. The second-order valence-electron chi connectivity index (χ2n) is 8.12. The number of hydrogen-bond acceptors (Lipinski definition) is 7. The molecule has 2 heterocycles. The number of rotatable bonds is 7. The Kier molecular flexibility index (Phi) is 7.11. The molecule has 1 saturated heterocycles. The van der Waals surface area contributed by atoms with E-state index in [9.17, 15) is 9.59 Å². The van der Waals surface area contributed by atoms with Crippen molar-refractivity contribution in [2.75, 3.05) is 43.4 Å². The molecule has 2 N–H and O–H groups in total. The van der Waals surface area contributed by atoms with Crippen molar-refractivity contribution in [3.8, 4) is 11.4 Å². The van der Waals surface area contributed by atoms with Gasteiger partial charge in [0.05, 0.1) is 12.6 Å². The van der Waals surface area contributed by atoms with Crippen molar-refractivity contribution in [1.82, 2.24) is 19.9 Å². The van der Waals surface area contributed by atoms with Gasteiger partial charge in [-0.3, -0.25) is 19.4 Å². The number of anilines is 2. The lowest BCUT2D eigenvalue weighted by Gasteiger charge is -2.36. The molecule has 33 heavy (non-hydrogen) atoms. The summed E-state index contributed by atoms with van der Waals surface area (Å²) in [6, 6.07) is 16.9. The first kappa shape index (κ1) is 22.6. The van der Waals surface area contributed by atoms with Gasteiger partial charge in [0, 0.05) is 50.0 Å². The number of carbonyl (C=O) groups excluding carboxylic acids is 2. The molecule has 4 rings (SSSR count). The highest BCUT2D eigenvalue weighted by Gasteiger charge is 2.26. The smallest absolute Gasteiger partial charge is 0.244 e. The molecule has 0 spiro atoms. The molecule has 0 saturated carbocycles. The predicted molar refractivity (Wildman–Crippen MR) is 126 cm³/mol. The molecule has 3 aromatic rings. The molecule has 1 aliphatic heterocycles. The number of carbonyl (C=O) groups is 2. The number of benzene rings is 2. The van der Waals surface area contributed by atoms with E-state index >= 15 is 0 Å². The van der Waals surface area contributed by atoms with Crippen molar-refractivity contribution < 1.29 is 14.1 Å². The molecular weight excluding hydrogens is 420 g/mol. The Bertz CT molecular complexity index is 1080. The number of nitrogens with zero attached hydrogens (tertiary/aromatic N) is 4. The zero-order chi connectivity index (χ0) is 23.2. The summed E-state index contributed by atoms with van der Waals surface area (Å²) in [4.78, 5) is 32.5. The maximum absolute atomic E-state index is 12.4. The van der Waals surface area contributed by atoms with Gasteiger partial charge in [-0.15, -0.1) is 0 Å². The Morgan fingerprint density at radius 1 is 0.970 bits per heavy atom. The summed E-state index contributed by atoms with van der Waals surface area (Å²) < 4.78 is 5.52. The Morgan fingerprint density at radius 2 is 1.61 bits per heavy atom. The summed E-state index contributed by atoms with van der Waals surface area (Å²) in [5, 5.41) is 9.73. The molecule has 2 aromatic carbocycles. The van der Waals surface area contributed by atoms with Gasteiger partial charge >= 0.3 is 0 Å². The highest BCUT2D eigenvalue weighted by Crippen LogP contribution is 2.23. The molecule has 0 aliphatic carbocycles. The minimum absolute atomic E-state index is 0.00747. The molecule has 1 atom stereocenters. The average molecular weight is 449 g/mol. The van der Waals surface area contributed by atoms with Gasteiger partial charge in [0.15, 0.2) is 0 Å². The molecule has 1 fully saturated rings. The van der Waals surface area contributed by atoms with Gasteiger partial charge in [0.2, 0.25) is 23.5 Å². The van der Waals surface area contributed by atoms with E-state index in [1.807, 2.05) is 30.3 Å². The summed E-state index contributed by atoms with van der Waals surface area (Å²) in [7, 11) is 0. The normalized spacial score (nSPS) is 15.7. The van der Waals surface area contributed by atoms with Gasteiger partial charge in [0.1, 0.15) is 0 Å². The highest BCUT2D eigenvalue weighted by molar-refractivity contribution is 5.93. The summed E-state index contributed by atoms with van der Waals surface area (Å²) in [5.41, 5.74) is 2.33. The third-order valence-corrected chi connectivity index (χ3v) is 5.64. The zero-order valence-electron chi connectivity index (χ0n) is 18.8. The number of amides is 2. The summed E-state index contributed by atoms with van der Waals surface area (Å²) in [6.45, 7) is 7.02. The molecule has 1 aliphatic rings. The van der Waals surface area contributed by atoms with Crippen LogP contribution in [-0.2, 0) is 9.59 Å². The van der Waals surface area contributed by atoms with Gasteiger partial charge in [-0.2, -0.15) is 4.98 Å². The SMILES string of the molecule is CC(=O)Nc1ccc(NC(=O)CN2CCN(C(C)c3nc(-c4ccccc4)no3)CC2)cc1. The van der Waals surface area contributed by atoms with Crippen LogP contribution < -0.4 is 10.6 Å². The van der Waals surface area contributed by atoms with Crippen LogP contribution in [0.3, 0.4) is 0 Å². The summed E-state index contributed by atoms with van der Waals surface area (Å²) in [5.74, 6) is 1.00. The van der Waals surface area contributed by atoms with E-state index in [2.05, 4.69) is 37.5 Å². The third kappa shape index (κ3) is 6.03. The van der Waals surface area contributed by atoms with E-state index in [1.54, 1.807) is 24.3 Å². The standard InChI is InChI=1S/C24H28N6O3/c1-17(24-27-23(28-33-24)19-6-4-3-5-7-19)30-14-12-29(13-15-30)16-22(32)26-21-10-8-20(9-11-21)25-18(2)31/h3-11,17H,12-16H2,1-2H3,(H,25,31)(H,26,32). The lowest BCUT2D eigenvalue weighted by atomic mass is 10.2. The molecular formula is C24H28N6O3. The van der Waals surface area contributed by atoms with Crippen LogP contribution in [0.25, 0.3) is 11.4 Å². The Morgan fingerprint density at radius 3 is 2.24 bits per heavy atom. The first-order valence-electron chi connectivity index (χ1n) is 11.0. The molecule has 1 unspecified atom stereocenters. The van der Waals surface area contributed by atoms with E-state index in [1.165, 1.54) is 6.92 Å². The van der Waals surface area contributed by atoms with E-state index < -0.39 is 0 Å². The van der Waals surface area contributed by atoms with Crippen molar-refractivity contribution in [3.05, 3.63) is 60.5 Å². The number of aromatic nitrogens is 2. The zero-order valence-corrected chi connectivity index (χ0v) is 18.8. The third-order valence-electron chi connectivity index (χ3n) is 5.64. The molecule has 0 bridgehead atoms. The average Bonchev–Trinajstić information content (AvgIpc) is 3.31. The van der Waals surface area contributed by atoms with E-state index in [0.717, 1.165) is 31.7 Å². The number of nitrogens with one attached hydrogen (secondary N) is 2. The van der Waals surface area contributed by atoms with Gasteiger partial charge in [-0.25, -0.2) is 0 Å². The lowest BCUT2D eigenvalue weighted by molar-refractivity contribution is -0.118. The minimum atomic E-state index is -0.129. The largest absolute Gasteiger partial charge is 0.337 e. The van der Waals surface area contributed by atoms with Crippen LogP contribution in [0.2, 0.25) is 0 Å². The van der Waals surface area contributed by atoms with Crippen molar-refractivity contribution in [1.29, 1.82) is 0 Å². The summed E-state index contributed by atoms with van der Waals surface area (Å²) >= 11 is 0. The Labute approximate surface area is 192 Å². The predicted octanol–water partition coefficient (Wildman–Crippen LogP) is 3.01. The van der Waals surface area contributed by atoms with E-state index in [4.69, 9.17) is 4.52 Å². The van der Waals surface area contributed by atoms with Gasteiger partial charge in [-0.1, -0.05) is 35.5 Å². The molecule has 172 valence electrons. The summed E-state index contributed by atoms with van der Waals surface area (Å²) in [6.07, 6.45) is 0. The number of piperazine rings is 1. The molecule has 1 aromatic heterocycles. The van der Waals surface area contributed by atoms with Crippen LogP contribution in [0, 0.1) is 0 Å². The van der Waals surface area contributed by atoms with Crippen LogP contribution in [0.1, 0.15) is 25.8 Å². The second kappa shape index (κ2) is 10.4. The molecule has 2 amide bonds. The fourth-order valence-corrected chi connectivity index (χ4v) is 3.82. The van der Waals surface area contributed by atoms with Crippen molar-refractivity contribution in [2.45, 2.75) is 19.9 Å². The highest BCUT2D eigenvalue weighted by atomic mass is 16.5.